The van der Waals surface area contributed by atoms with Gasteiger partial charge in [-0.25, -0.2) is 4.79 Å². The van der Waals surface area contributed by atoms with Crippen molar-refractivity contribution in [3.8, 4) is 0 Å². The molecule has 3 N–H and O–H groups in total. The summed E-state index contributed by atoms with van der Waals surface area (Å²) >= 11 is 0. The maximum atomic E-state index is 10.4. The Hall–Kier alpha value is -1.29. The zero-order valence-corrected chi connectivity index (χ0v) is 5.90. The van der Waals surface area contributed by atoms with Crippen LogP contribution in [0.4, 0.5) is 0 Å². The Labute approximate surface area is 63.1 Å². The number of carboxylic acids is 1. The molecule has 0 fully saturated rings. The Morgan fingerprint density at radius 2 is 2.18 bits per heavy atom. The topological polar surface area (TPSA) is 77.8 Å². The van der Waals surface area contributed by atoms with Crippen LogP contribution in [-0.4, -0.2) is 26.9 Å². The quantitative estimate of drug-likeness (QED) is 0.507. The Bertz CT molecular complexity index is 260. The first-order chi connectivity index (χ1) is 4.93. The second kappa shape index (κ2) is 2.10. The van der Waals surface area contributed by atoms with Crippen LogP contribution in [0, 0.1) is 0 Å². The zero-order valence-electron chi connectivity index (χ0n) is 5.90. The normalized spacial score (nSPS) is 29.6. The van der Waals surface area contributed by atoms with Crippen LogP contribution in [0.1, 0.15) is 6.92 Å². The van der Waals surface area contributed by atoms with Crippen LogP contribution in [0.5, 0.6) is 0 Å². The number of aliphatic hydroxyl groups is 2. The highest BCUT2D eigenvalue weighted by molar-refractivity contribution is 5.91. The molecule has 0 aromatic rings. The van der Waals surface area contributed by atoms with Crippen molar-refractivity contribution in [2.75, 3.05) is 0 Å². The van der Waals surface area contributed by atoms with Gasteiger partial charge in [-0.15, -0.1) is 0 Å². The van der Waals surface area contributed by atoms with E-state index in [-0.39, 0.29) is 11.3 Å². The van der Waals surface area contributed by atoms with E-state index in [0.29, 0.717) is 0 Å². The molecule has 0 saturated carbocycles. The summed E-state index contributed by atoms with van der Waals surface area (Å²) in [6.45, 7) is 1.30. The monoisotopic (exact) mass is 156 g/mol. The van der Waals surface area contributed by atoms with E-state index in [1.165, 1.54) is 6.92 Å². The van der Waals surface area contributed by atoms with E-state index < -0.39 is 11.6 Å². The fourth-order valence-corrected chi connectivity index (χ4v) is 0.980. The molecule has 0 aromatic carbocycles. The molecule has 0 heterocycles. The SMILES string of the molecule is CC1(O)C=C(O)C=C1C(=O)O. The second-order valence-corrected chi connectivity index (χ2v) is 2.58. The highest BCUT2D eigenvalue weighted by atomic mass is 16.4. The third-order valence-electron chi connectivity index (χ3n) is 1.50. The minimum absolute atomic E-state index is 0.213. The van der Waals surface area contributed by atoms with Crippen molar-refractivity contribution in [3.63, 3.8) is 0 Å². The predicted octanol–water partition coefficient (Wildman–Crippen LogP) is 0.204. The molecular formula is C7H8O4. The number of rotatable bonds is 1. The van der Waals surface area contributed by atoms with Crippen molar-refractivity contribution < 1.29 is 20.1 Å². The minimum atomic E-state index is -1.55. The minimum Gasteiger partial charge on any atom is -0.508 e. The lowest BCUT2D eigenvalue weighted by Crippen LogP contribution is -2.26. The highest BCUT2D eigenvalue weighted by Gasteiger charge is 2.33. The van der Waals surface area contributed by atoms with Gasteiger partial charge in [0.05, 0.1) is 5.57 Å². The fourth-order valence-electron chi connectivity index (χ4n) is 0.980. The zero-order chi connectivity index (χ0) is 8.65. The molecule has 1 atom stereocenters. The van der Waals surface area contributed by atoms with Crippen LogP contribution in [0.25, 0.3) is 0 Å². The molecule has 0 amide bonds. The van der Waals surface area contributed by atoms with Gasteiger partial charge >= 0.3 is 5.97 Å². The van der Waals surface area contributed by atoms with Crippen LogP contribution in [-0.2, 0) is 4.79 Å². The van der Waals surface area contributed by atoms with Gasteiger partial charge in [-0.05, 0) is 19.1 Å². The largest absolute Gasteiger partial charge is 0.508 e. The first-order valence-corrected chi connectivity index (χ1v) is 3.03. The van der Waals surface area contributed by atoms with Gasteiger partial charge in [-0.2, -0.15) is 0 Å². The molecule has 1 aliphatic carbocycles. The summed E-state index contributed by atoms with van der Waals surface area (Å²) in [7, 11) is 0. The Morgan fingerprint density at radius 1 is 1.64 bits per heavy atom. The van der Waals surface area contributed by atoms with E-state index in [9.17, 15) is 9.90 Å². The second-order valence-electron chi connectivity index (χ2n) is 2.58. The Balaban J connectivity index is 3.04. The lowest BCUT2D eigenvalue weighted by atomic mass is 10.0. The van der Waals surface area contributed by atoms with Crippen LogP contribution in [0.15, 0.2) is 23.5 Å². The van der Waals surface area contributed by atoms with Gasteiger partial charge in [0.1, 0.15) is 11.4 Å². The highest BCUT2D eigenvalue weighted by Crippen LogP contribution is 2.26. The summed E-state index contributed by atoms with van der Waals surface area (Å²) in [6, 6.07) is 0. The van der Waals surface area contributed by atoms with Crippen molar-refractivity contribution in [2.45, 2.75) is 12.5 Å². The molecule has 4 heteroatoms. The van der Waals surface area contributed by atoms with Crippen LogP contribution in [0.3, 0.4) is 0 Å². The molecule has 1 aliphatic rings. The van der Waals surface area contributed by atoms with Gasteiger partial charge in [0.2, 0.25) is 0 Å². The van der Waals surface area contributed by atoms with Crippen molar-refractivity contribution in [1.82, 2.24) is 0 Å². The molecule has 0 radical (unpaired) electrons. The molecule has 1 unspecified atom stereocenters. The van der Waals surface area contributed by atoms with E-state index in [1.54, 1.807) is 0 Å². The van der Waals surface area contributed by atoms with Gasteiger partial charge in [0.25, 0.3) is 0 Å². The number of aliphatic hydroxyl groups excluding tert-OH is 1. The average Bonchev–Trinajstić information content (AvgIpc) is 2.04. The third-order valence-corrected chi connectivity index (χ3v) is 1.50. The predicted molar refractivity (Wildman–Crippen MR) is 37.1 cm³/mol. The summed E-state index contributed by atoms with van der Waals surface area (Å²) in [6.07, 6.45) is 2.11. The van der Waals surface area contributed by atoms with Crippen LogP contribution in [0.2, 0.25) is 0 Å². The number of hydrogen-bond acceptors (Lipinski definition) is 3. The van der Waals surface area contributed by atoms with Gasteiger partial charge in [0.15, 0.2) is 0 Å². The number of allylic oxidation sites excluding steroid dienone is 1. The maximum Gasteiger partial charge on any atom is 0.334 e. The van der Waals surface area contributed by atoms with Gasteiger partial charge < -0.3 is 15.3 Å². The molecule has 0 spiro atoms. The molecule has 0 aromatic heterocycles. The summed E-state index contributed by atoms with van der Waals surface area (Å²) in [5.41, 5.74) is -1.76. The molecule has 0 bridgehead atoms. The van der Waals surface area contributed by atoms with Gasteiger partial charge in [0, 0.05) is 0 Å². The third kappa shape index (κ3) is 1.25. The molecule has 60 valence electrons. The fraction of sp³-hybridized carbons (Fsp3) is 0.286. The van der Waals surface area contributed by atoms with E-state index in [2.05, 4.69) is 0 Å². The number of carbonyl (C=O) groups is 1. The standard InChI is InChI=1S/C7H8O4/c1-7(11)3-4(8)2-5(7)6(9)10/h2-3,8,11H,1H3,(H,9,10). The molecule has 0 saturated heterocycles. The summed E-state index contributed by atoms with van der Waals surface area (Å²) in [5.74, 6) is -1.44. The summed E-state index contributed by atoms with van der Waals surface area (Å²) < 4.78 is 0. The molecule has 11 heavy (non-hydrogen) atoms. The Morgan fingerprint density at radius 3 is 2.36 bits per heavy atom. The molecule has 0 aliphatic heterocycles. The molecule has 4 nitrogen and oxygen atoms in total. The maximum absolute atomic E-state index is 10.4. The summed E-state index contributed by atoms with van der Waals surface area (Å²) in [4.78, 5) is 10.4. The van der Waals surface area contributed by atoms with E-state index in [1.807, 2.05) is 0 Å². The number of hydrogen-bond donors (Lipinski definition) is 3. The number of aliphatic carboxylic acids is 1. The molecule has 1 rings (SSSR count). The lowest BCUT2D eigenvalue weighted by Gasteiger charge is -2.14. The average molecular weight is 156 g/mol. The summed E-state index contributed by atoms with van der Waals surface area (Å²) in [5, 5.41) is 26.6. The van der Waals surface area contributed by atoms with Crippen molar-refractivity contribution >= 4 is 5.97 Å². The Kier molecular flexibility index (Phi) is 1.49. The first kappa shape index (κ1) is 7.81. The van der Waals surface area contributed by atoms with Crippen molar-refractivity contribution in [2.24, 2.45) is 0 Å². The van der Waals surface area contributed by atoms with Gasteiger partial charge in [-0.3, -0.25) is 0 Å². The smallest absolute Gasteiger partial charge is 0.334 e. The van der Waals surface area contributed by atoms with E-state index >= 15 is 0 Å². The van der Waals surface area contributed by atoms with Crippen LogP contribution < -0.4 is 0 Å². The number of carboxylic acid groups (broad SMARTS) is 1. The van der Waals surface area contributed by atoms with E-state index in [0.717, 1.165) is 12.2 Å². The van der Waals surface area contributed by atoms with Crippen molar-refractivity contribution in [3.05, 3.63) is 23.5 Å². The van der Waals surface area contributed by atoms with Gasteiger partial charge in [-0.1, -0.05) is 0 Å². The first-order valence-electron chi connectivity index (χ1n) is 3.03. The van der Waals surface area contributed by atoms with E-state index in [4.69, 9.17) is 10.2 Å². The van der Waals surface area contributed by atoms with Crippen LogP contribution >= 0.6 is 0 Å². The lowest BCUT2D eigenvalue weighted by molar-refractivity contribution is -0.134. The van der Waals surface area contributed by atoms with Crippen molar-refractivity contribution in [1.29, 1.82) is 0 Å². The molecular weight excluding hydrogens is 148 g/mol.